The Bertz CT molecular complexity index is 284. The maximum atomic E-state index is 11.4. The van der Waals surface area contributed by atoms with Crippen molar-refractivity contribution >= 4 is 11.9 Å². The lowest BCUT2D eigenvalue weighted by molar-refractivity contribution is -0.141. The molecule has 1 rings (SSSR count). The Labute approximate surface area is 89.4 Å². The van der Waals surface area contributed by atoms with Crippen LogP contribution in [0.1, 0.15) is 39.0 Å². The fraction of sp³-hybridized carbons (Fsp3) is 0.636. The number of nitrogens with one attached hydrogen (secondary N) is 1. The van der Waals surface area contributed by atoms with Crippen LogP contribution >= 0.6 is 0 Å². The smallest absolute Gasteiger partial charge is 0.325 e. The van der Waals surface area contributed by atoms with Gasteiger partial charge in [-0.2, -0.15) is 0 Å². The molecule has 1 aliphatic carbocycles. The van der Waals surface area contributed by atoms with E-state index in [2.05, 4.69) is 11.4 Å². The van der Waals surface area contributed by atoms with Gasteiger partial charge in [-0.05, 0) is 32.6 Å². The van der Waals surface area contributed by atoms with Crippen molar-refractivity contribution in [3.63, 3.8) is 0 Å². The van der Waals surface area contributed by atoms with Gasteiger partial charge >= 0.3 is 5.97 Å². The van der Waals surface area contributed by atoms with Crippen molar-refractivity contribution in [2.75, 3.05) is 0 Å². The zero-order valence-corrected chi connectivity index (χ0v) is 8.95. The molecule has 0 spiro atoms. The summed E-state index contributed by atoms with van der Waals surface area (Å²) in [4.78, 5) is 21.9. The van der Waals surface area contributed by atoms with Gasteiger partial charge < -0.3 is 10.4 Å². The molecule has 1 amide bonds. The Kier molecular flexibility index (Phi) is 4.34. The molecule has 0 aliphatic heterocycles. The van der Waals surface area contributed by atoms with E-state index in [0.29, 0.717) is 6.42 Å². The molecule has 0 saturated carbocycles. The summed E-state index contributed by atoms with van der Waals surface area (Å²) in [6, 6.07) is -0.804. The third-order valence-electron chi connectivity index (χ3n) is 2.52. The van der Waals surface area contributed by atoms with Crippen molar-refractivity contribution in [3.05, 3.63) is 11.6 Å². The van der Waals surface area contributed by atoms with E-state index in [-0.39, 0.29) is 5.91 Å². The van der Waals surface area contributed by atoms with Crippen molar-refractivity contribution in [2.24, 2.45) is 0 Å². The van der Waals surface area contributed by atoms with Gasteiger partial charge in [0.1, 0.15) is 6.04 Å². The summed E-state index contributed by atoms with van der Waals surface area (Å²) in [5.41, 5.74) is 1.14. The fourth-order valence-corrected chi connectivity index (χ4v) is 1.63. The molecule has 0 saturated heterocycles. The molecule has 1 atom stereocenters. The number of hydrogen-bond donors (Lipinski definition) is 2. The molecule has 0 aromatic rings. The number of carboxylic acid groups (broad SMARTS) is 1. The third kappa shape index (κ3) is 4.14. The number of aliphatic carboxylic acids is 1. The summed E-state index contributed by atoms with van der Waals surface area (Å²) < 4.78 is 0. The zero-order chi connectivity index (χ0) is 11.3. The van der Waals surface area contributed by atoms with Crippen molar-refractivity contribution in [1.29, 1.82) is 0 Å². The summed E-state index contributed by atoms with van der Waals surface area (Å²) >= 11 is 0. The van der Waals surface area contributed by atoms with E-state index in [1.807, 2.05) is 0 Å². The van der Waals surface area contributed by atoms with Gasteiger partial charge in [-0.1, -0.05) is 11.6 Å². The second-order valence-corrected chi connectivity index (χ2v) is 3.91. The van der Waals surface area contributed by atoms with Crippen molar-refractivity contribution in [3.8, 4) is 0 Å². The van der Waals surface area contributed by atoms with Crippen LogP contribution in [0.4, 0.5) is 0 Å². The molecule has 0 bridgehead atoms. The van der Waals surface area contributed by atoms with Crippen molar-refractivity contribution < 1.29 is 14.7 Å². The largest absolute Gasteiger partial charge is 0.480 e. The van der Waals surface area contributed by atoms with Gasteiger partial charge in [0.05, 0.1) is 0 Å². The molecule has 15 heavy (non-hydrogen) atoms. The minimum absolute atomic E-state index is 0.196. The van der Waals surface area contributed by atoms with Crippen molar-refractivity contribution in [2.45, 2.75) is 45.1 Å². The van der Waals surface area contributed by atoms with E-state index in [9.17, 15) is 9.59 Å². The molecule has 0 aromatic carbocycles. The average Bonchev–Trinajstić information content (AvgIpc) is 2.18. The van der Waals surface area contributed by atoms with Crippen molar-refractivity contribution in [1.82, 2.24) is 5.32 Å². The van der Waals surface area contributed by atoms with Crippen LogP contribution in [-0.2, 0) is 9.59 Å². The Morgan fingerprint density at radius 2 is 2.27 bits per heavy atom. The fourth-order valence-electron chi connectivity index (χ4n) is 1.63. The number of amides is 1. The lowest BCUT2D eigenvalue weighted by Gasteiger charge is -2.14. The predicted molar refractivity (Wildman–Crippen MR) is 56.4 cm³/mol. The first kappa shape index (κ1) is 11.8. The van der Waals surface area contributed by atoms with Crippen LogP contribution in [0.15, 0.2) is 11.6 Å². The average molecular weight is 211 g/mol. The van der Waals surface area contributed by atoms with Crippen LogP contribution < -0.4 is 5.32 Å². The zero-order valence-electron chi connectivity index (χ0n) is 8.95. The maximum Gasteiger partial charge on any atom is 0.325 e. The van der Waals surface area contributed by atoms with E-state index < -0.39 is 12.0 Å². The number of rotatable bonds is 4. The van der Waals surface area contributed by atoms with Crippen LogP contribution in [0, 0.1) is 0 Å². The normalized spacial score (nSPS) is 17.8. The third-order valence-corrected chi connectivity index (χ3v) is 2.52. The maximum absolute atomic E-state index is 11.4. The Hall–Kier alpha value is -1.32. The van der Waals surface area contributed by atoms with E-state index in [1.165, 1.54) is 13.3 Å². The molecule has 4 nitrogen and oxygen atoms in total. The van der Waals surface area contributed by atoms with Gasteiger partial charge in [-0.25, -0.2) is 0 Å². The lowest BCUT2D eigenvalue weighted by atomic mass is 9.97. The number of carbonyl (C=O) groups is 2. The van der Waals surface area contributed by atoms with Crippen LogP contribution in [-0.4, -0.2) is 23.0 Å². The minimum Gasteiger partial charge on any atom is -0.480 e. The first-order valence-electron chi connectivity index (χ1n) is 5.29. The number of carbonyl (C=O) groups excluding carboxylic acids is 1. The van der Waals surface area contributed by atoms with Crippen LogP contribution in [0.25, 0.3) is 0 Å². The summed E-state index contributed by atoms with van der Waals surface area (Å²) in [5.74, 6) is -1.20. The van der Waals surface area contributed by atoms with Crippen LogP contribution in [0.3, 0.4) is 0 Å². The molecule has 0 fully saturated rings. The standard InChI is InChI=1S/C11H17NO3/c1-8(11(14)15)12-10(13)7-9-5-3-2-4-6-9/h5,8H,2-4,6-7H2,1H3,(H,12,13)(H,14,15)/t8-/m0/s1. The molecule has 0 unspecified atom stereocenters. The van der Waals surface area contributed by atoms with E-state index >= 15 is 0 Å². The summed E-state index contributed by atoms with van der Waals surface area (Å²) in [6.07, 6.45) is 6.77. The Morgan fingerprint density at radius 3 is 2.80 bits per heavy atom. The number of allylic oxidation sites excluding steroid dienone is 1. The molecular formula is C11H17NO3. The number of carboxylic acids is 1. The first-order valence-corrected chi connectivity index (χ1v) is 5.29. The van der Waals surface area contributed by atoms with Gasteiger partial charge in [0.25, 0.3) is 0 Å². The summed E-state index contributed by atoms with van der Waals surface area (Å²) in [6.45, 7) is 1.47. The SMILES string of the molecule is C[C@H](NC(=O)CC1=CCCCC1)C(=O)O. The second-order valence-electron chi connectivity index (χ2n) is 3.91. The Balaban J connectivity index is 2.35. The monoisotopic (exact) mass is 211 g/mol. The molecule has 2 N–H and O–H groups in total. The predicted octanol–water partition coefficient (Wildman–Crippen LogP) is 1.47. The first-order chi connectivity index (χ1) is 7.09. The molecule has 0 heterocycles. The topological polar surface area (TPSA) is 66.4 Å². The molecular weight excluding hydrogens is 194 g/mol. The van der Waals surface area contributed by atoms with Gasteiger partial charge in [0.15, 0.2) is 0 Å². The molecule has 0 aromatic heterocycles. The highest BCUT2D eigenvalue weighted by molar-refractivity contribution is 5.84. The molecule has 1 aliphatic rings. The van der Waals surface area contributed by atoms with E-state index in [1.54, 1.807) is 0 Å². The highest BCUT2D eigenvalue weighted by Gasteiger charge is 2.15. The van der Waals surface area contributed by atoms with Gasteiger partial charge in [-0.15, -0.1) is 0 Å². The van der Waals surface area contributed by atoms with Gasteiger partial charge in [-0.3, -0.25) is 9.59 Å². The van der Waals surface area contributed by atoms with Gasteiger partial charge in [0, 0.05) is 6.42 Å². The van der Waals surface area contributed by atoms with Crippen LogP contribution in [0.5, 0.6) is 0 Å². The summed E-state index contributed by atoms with van der Waals surface area (Å²) in [7, 11) is 0. The van der Waals surface area contributed by atoms with E-state index in [4.69, 9.17) is 5.11 Å². The summed E-state index contributed by atoms with van der Waals surface area (Å²) in [5, 5.41) is 11.1. The van der Waals surface area contributed by atoms with Gasteiger partial charge in [0.2, 0.25) is 5.91 Å². The molecule has 84 valence electrons. The number of hydrogen-bond acceptors (Lipinski definition) is 2. The van der Waals surface area contributed by atoms with Crippen LogP contribution in [0.2, 0.25) is 0 Å². The highest BCUT2D eigenvalue weighted by atomic mass is 16.4. The van der Waals surface area contributed by atoms with E-state index in [0.717, 1.165) is 24.8 Å². The Morgan fingerprint density at radius 1 is 1.53 bits per heavy atom. The lowest BCUT2D eigenvalue weighted by Crippen LogP contribution is -2.38. The quantitative estimate of drug-likeness (QED) is 0.692. The second kappa shape index (κ2) is 5.53. The minimum atomic E-state index is -0.999. The highest BCUT2D eigenvalue weighted by Crippen LogP contribution is 2.19. The molecule has 4 heteroatoms. The molecule has 0 radical (unpaired) electrons.